The number of rotatable bonds is 8. The zero-order valence-corrected chi connectivity index (χ0v) is 11.7. The number of allylic oxidation sites excluding steroid dienone is 1. The van der Waals surface area contributed by atoms with Crippen LogP contribution in [0.25, 0.3) is 0 Å². The van der Waals surface area contributed by atoms with Gasteiger partial charge in [-0.25, -0.2) is 13.1 Å². The summed E-state index contributed by atoms with van der Waals surface area (Å²) in [6.45, 7) is 6.69. The van der Waals surface area contributed by atoms with Crippen LogP contribution in [0.5, 0.6) is 0 Å². The molecule has 2 N–H and O–H groups in total. The van der Waals surface area contributed by atoms with Crippen molar-refractivity contribution in [2.75, 3.05) is 31.9 Å². The van der Waals surface area contributed by atoms with Gasteiger partial charge in [0.25, 0.3) is 0 Å². The van der Waals surface area contributed by atoms with Gasteiger partial charge in [0.15, 0.2) is 0 Å². The third-order valence-electron chi connectivity index (χ3n) is 3.12. The normalized spacial score (nSPS) is 18.9. The molecule has 1 saturated heterocycles. The van der Waals surface area contributed by atoms with Gasteiger partial charge < -0.3 is 10.0 Å². The molecule has 0 amide bonds. The highest BCUT2D eigenvalue weighted by atomic mass is 32.2. The average molecular weight is 276 g/mol. The van der Waals surface area contributed by atoms with Crippen LogP contribution in [0.1, 0.15) is 25.7 Å². The summed E-state index contributed by atoms with van der Waals surface area (Å²) < 4.78 is 25.5. The highest BCUT2D eigenvalue weighted by Crippen LogP contribution is 2.09. The van der Waals surface area contributed by atoms with Crippen LogP contribution < -0.4 is 4.72 Å². The number of nitrogens with zero attached hydrogens (tertiary/aromatic N) is 1. The Hall–Kier alpha value is -0.430. The van der Waals surface area contributed by atoms with Crippen molar-refractivity contribution >= 4 is 10.0 Å². The van der Waals surface area contributed by atoms with E-state index in [4.69, 9.17) is 0 Å². The van der Waals surface area contributed by atoms with E-state index in [2.05, 4.69) is 16.2 Å². The number of piperidine rings is 1. The zero-order chi connectivity index (χ0) is 13.4. The molecule has 0 aromatic heterocycles. The molecular formula is C12H24N2O3S. The van der Waals surface area contributed by atoms with E-state index in [0.29, 0.717) is 13.0 Å². The molecule has 1 heterocycles. The number of nitrogens with one attached hydrogen (secondary N) is 1. The summed E-state index contributed by atoms with van der Waals surface area (Å²) >= 11 is 0. The van der Waals surface area contributed by atoms with Gasteiger partial charge in [0.1, 0.15) is 0 Å². The molecule has 0 aliphatic carbocycles. The van der Waals surface area contributed by atoms with Crippen molar-refractivity contribution in [3.63, 3.8) is 0 Å². The highest BCUT2D eigenvalue weighted by Gasteiger charge is 2.16. The Morgan fingerprint density at radius 3 is 2.67 bits per heavy atom. The molecule has 18 heavy (non-hydrogen) atoms. The van der Waals surface area contributed by atoms with E-state index in [-0.39, 0.29) is 11.9 Å². The van der Waals surface area contributed by atoms with Gasteiger partial charge in [0.2, 0.25) is 10.0 Å². The second kappa shape index (κ2) is 7.89. The van der Waals surface area contributed by atoms with Crippen LogP contribution in [0.3, 0.4) is 0 Å². The third kappa shape index (κ3) is 6.49. The van der Waals surface area contributed by atoms with Crippen molar-refractivity contribution < 1.29 is 13.5 Å². The van der Waals surface area contributed by atoms with Crippen molar-refractivity contribution in [2.45, 2.75) is 31.8 Å². The first-order chi connectivity index (χ1) is 8.53. The molecule has 0 bridgehead atoms. The lowest BCUT2D eigenvalue weighted by molar-refractivity contribution is 0.0823. The summed E-state index contributed by atoms with van der Waals surface area (Å²) in [6, 6.07) is 0. The van der Waals surface area contributed by atoms with Crippen LogP contribution in [0.15, 0.2) is 12.7 Å². The van der Waals surface area contributed by atoms with E-state index in [1.807, 2.05) is 0 Å². The number of hydrogen-bond acceptors (Lipinski definition) is 4. The standard InChI is InChI=1S/C12H24N2O3S/c1-2-3-11-18(16,17)13-7-4-8-14-9-5-12(15)6-10-14/h2,12-13,15H,1,3-11H2. The van der Waals surface area contributed by atoms with E-state index < -0.39 is 10.0 Å². The number of sulfonamides is 1. The van der Waals surface area contributed by atoms with Crippen molar-refractivity contribution in [1.82, 2.24) is 9.62 Å². The molecule has 5 nitrogen and oxygen atoms in total. The number of aliphatic hydroxyl groups is 1. The van der Waals surface area contributed by atoms with Crippen molar-refractivity contribution in [3.8, 4) is 0 Å². The van der Waals surface area contributed by atoms with Crippen molar-refractivity contribution in [2.24, 2.45) is 0 Å². The Balaban J connectivity index is 2.09. The van der Waals surface area contributed by atoms with Gasteiger partial charge in [-0.3, -0.25) is 0 Å². The Kier molecular flexibility index (Phi) is 6.85. The highest BCUT2D eigenvalue weighted by molar-refractivity contribution is 7.89. The fourth-order valence-corrected chi connectivity index (χ4v) is 3.06. The topological polar surface area (TPSA) is 69.6 Å². The Bertz CT molecular complexity index is 335. The maximum absolute atomic E-state index is 11.5. The first-order valence-corrected chi connectivity index (χ1v) is 8.17. The molecule has 0 unspecified atom stereocenters. The third-order valence-corrected chi connectivity index (χ3v) is 4.54. The number of hydrogen-bond donors (Lipinski definition) is 2. The second-order valence-corrected chi connectivity index (χ2v) is 6.64. The van der Waals surface area contributed by atoms with Crippen LogP contribution in [-0.4, -0.2) is 56.5 Å². The van der Waals surface area contributed by atoms with Crippen LogP contribution >= 0.6 is 0 Å². The van der Waals surface area contributed by atoms with Gasteiger partial charge in [0.05, 0.1) is 11.9 Å². The molecule has 1 rings (SSSR count). The summed E-state index contributed by atoms with van der Waals surface area (Å²) in [5.41, 5.74) is 0. The molecule has 0 atom stereocenters. The first-order valence-electron chi connectivity index (χ1n) is 6.52. The maximum Gasteiger partial charge on any atom is 0.211 e. The Morgan fingerprint density at radius 1 is 1.39 bits per heavy atom. The fourth-order valence-electron chi connectivity index (χ4n) is 1.98. The van der Waals surface area contributed by atoms with E-state index in [9.17, 15) is 13.5 Å². The molecule has 1 aliphatic heterocycles. The molecule has 0 spiro atoms. The molecule has 106 valence electrons. The molecular weight excluding hydrogens is 252 g/mol. The van der Waals surface area contributed by atoms with Gasteiger partial charge in [-0.05, 0) is 32.2 Å². The monoisotopic (exact) mass is 276 g/mol. The molecule has 0 saturated carbocycles. The van der Waals surface area contributed by atoms with Gasteiger partial charge in [-0.1, -0.05) is 6.08 Å². The van der Waals surface area contributed by atoms with E-state index in [0.717, 1.165) is 38.9 Å². The van der Waals surface area contributed by atoms with E-state index >= 15 is 0 Å². The molecule has 1 aliphatic rings. The molecule has 0 aromatic rings. The van der Waals surface area contributed by atoms with Crippen molar-refractivity contribution in [3.05, 3.63) is 12.7 Å². The maximum atomic E-state index is 11.5. The van der Waals surface area contributed by atoms with Gasteiger partial charge in [0, 0.05) is 19.6 Å². The molecule has 1 fully saturated rings. The molecule has 0 radical (unpaired) electrons. The summed E-state index contributed by atoms with van der Waals surface area (Å²) in [4.78, 5) is 2.27. The number of likely N-dealkylation sites (tertiary alicyclic amines) is 1. The summed E-state index contributed by atoms with van der Waals surface area (Å²) in [7, 11) is -3.14. The van der Waals surface area contributed by atoms with Gasteiger partial charge in [-0.15, -0.1) is 6.58 Å². The predicted molar refractivity (Wildman–Crippen MR) is 72.9 cm³/mol. The zero-order valence-electron chi connectivity index (χ0n) is 10.8. The second-order valence-electron chi connectivity index (χ2n) is 4.72. The first kappa shape index (κ1) is 15.6. The quantitative estimate of drug-likeness (QED) is 0.495. The fraction of sp³-hybridized carbons (Fsp3) is 0.833. The minimum Gasteiger partial charge on any atom is -0.393 e. The Labute approximate surface area is 110 Å². The predicted octanol–water partition coefficient (Wildman–Crippen LogP) is 0.329. The van der Waals surface area contributed by atoms with E-state index in [1.165, 1.54) is 0 Å². The van der Waals surface area contributed by atoms with Gasteiger partial charge >= 0.3 is 0 Å². The van der Waals surface area contributed by atoms with Gasteiger partial charge in [-0.2, -0.15) is 0 Å². The minimum absolute atomic E-state index is 0.117. The molecule has 6 heteroatoms. The summed E-state index contributed by atoms with van der Waals surface area (Å²) in [5.74, 6) is 0.117. The summed E-state index contributed by atoms with van der Waals surface area (Å²) in [5, 5.41) is 9.36. The Morgan fingerprint density at radius 2 is 2.06 bits per heavy atom. The lowest BCUT2D eigenvalue weighted by atomic mass is 10.1. The van der Waals surface area contributed by atoms with E-state index in [1.54, 1.807) is 6.08 Å². The minimum atomic E-state index is -3.14. The van der Waals surface area contributed by atoms with Crippen LogP contribution in [0.2, 0.25) is 0 Å². The summed E-state index contributed by atoms with van der Waals surface area (Å²) in [6.07, 6.45) is 4.40. The molecule has 0 aromatic carbocycles. The lowest BCUT2D eigenvalue weighted by Crippen LogP contribution is -2.37. The lowest BCUT2D eigenvalue weighted by Gasteiger charge is -2.29. The largest absolute Gasteiger partial charge is 0.393 e. The van der Waals surface area contributed by atoms with Crippen LogP contribution in [0, 0.1) is 0 Å². The smallest absolute Gasteiger partial charge is 0.211 e. The van der Waals surface area contributed by atoms with Crippen molar-refractivity contribution in [1.29, 1.82) is 0 Å². The SMILES string of the molecule is C=CCCS(=O)(=O)NCCCN1CCC(O)CC1. The van der Waals surface area contributed by atoms with Crippen LogP contribution in [-0.2, 0) is 10.0 Å². The van der Waals surface area contributed by atoms with Crippen LogP contribution in [0.4, 0.5) is 0 Å². The number of aliphatic hydroxyl groups excluding tert-OH is 1. The average Bonchev–Trinajstić information content (AvgIpc) is 2.34.